The summed E-state index contributed by atoms with van der Waals surface area (Å²) in [6.45, 7) is 3.05. The molecule has 0 unspecified atom stereocenters. The highest BCUT2D eigenvalue weighted by Crippen LogP contribution is 2.30. The van der Waals surface area contributed by atoms with Crippen LogP contribution in [-0.2, 0) is 4.79 Å². The second-order valence-electron chi connectivity index (χ2n) is 5.84. The number of carbonyl (C=O) groups is 1. The molecule has 1 atom stereocenters. The number of nitrogens with zero attached hydrogens (tertiary/aromatic N) is 4. The minimum absolute atomic E-state index is 0.0589. The Balaban J connectivity index is 1.86. The number of rotatable bonds is 5. The van der Waals surface area contributed by atoms with E-state index in [1.165, 1.54) is 11.3 Å². The van der Waals surface area contributed by atoms with Crippen molar-refractivity contribution in [2.45, 2.75) is 32.2 Å². The van der Waals surface area contributed by atoms with Crippen LogP contribution in [0.4, 0.5) is 10.9 Å². The van der Waals surface area contributed by atoms with Crippen LogP contribution in [0.25, 0.3) is 0 Å². The summed E-state index contributed by atoms with van der Waals surface area (Å²) in [7, 11) is 1.79. The SMILES string of the molecule is CNCC(=O)N1CCCC[C@@H]1c1nc(C)cc(Nc2nccs2)n1. The van der Waals surface area contributed by atoms with Gasteiger partial charge in [-0.2, -0.15) is 0 Å². The molecule has 0 radical (unpaired) electrons. The lowest BCUT2D eigenvalue weighted by molar-refractivity contribution is -0.134. The van der Waals surface area contributed by atoms with E-state index in [-0.39, 0.29) is 11.9 Å². The summed E-state index contributed by atoms with van der Waals surface area (Å²) in [5, 5.41) is 8.86. The Hall–Kier alpha value is -2.06. The molecule has 1 fully saturated rings. The van der Waals surface area contributed by atoms with Gasteiger partial charge in [-0.1, -0.05) is 0 Å². The first-order valence-corrected chi connectivity index (χ1v) is 9.01. The minimum atomic E-state index is -0.0589. The van der Waals surface area contributed by atoms with E-state index in [2.05, 4.69) is 25.6 Å². The molecule has 1 saturated heterocycles. The van der Waals surface area contributed by atoms with Gasteiger partial charge in [0.2, 0.25) is 5.91 Å². The fourth-order valence-corrected chi connectivity index (χ4v) is 3.49. The smallest absolute Gasteiger partial charge is 0.237 e. The highest BCUT2D eigenvalue weighted by molar-refractivity contribution is 7.13. The van der Waals surface area contributed by atoms with Crippen LogP contribution in [-0.4, -0.2) is 45.9 Å². The number of hydrogen-bond acceptors (Lipinski definition) is 7. The van der Waals surface area contributed by atoms with Crippen molar-refractivity contribution in [2.75, 3.05) is 25.5 Å². The maximum Gasteiger partial charge on any atom is 0.237 e. The fraction of sp³-hybridized carbons (Fsp3) is 0.500. The largest absolute Gasteiger partial charge is 0.331 e. The molecule has 2 N–H and O–H groups in total. The topological polar surface area (TPSA) is 83.0 Å². The molecule has 0 aliphatic carbocycles. The van der Waals surface area contributed by atoms with Crippen LogP contribution in [0.2, 0.25) is 0 Å². The van der Waals surface area contributed by atoms with Crippen molar-refractivity contribution in [1.82, 2.24) is 25.2 Å². The number of aryl methyl sites for hydroxylation is 1. The Morgan fingerprint density at radius 1 is 1.42 bits per heavy atom. The van der Waals surface area contributed by atoms with Crippen molar-refractivity contribution < 1.29 is 4.79 Å². The first kappa shape index (κ1) is 16.8. The number of aromatic nitrogens is 3. The second-order valence-corrected chi connectivity index (χ2v) is 6.74. The molecule has 8 heteroatoms. The fourth-order valence-electron chi connectivity index (χ4n) is 2.95. The van der Waals surface area contributed by atoms with Crippen LogP contribution in [0, 0.1) is 6.92 Å². The summed E-state index contributed by atoms with van der Waals surface area (Å²) in [6.07, 6.45) is 4.76. The zero-order valence-electron chi connectivity index (χ0n) is 14.0. The van der Waals surface area contributed by atoms with E-state index in [0.29, 0.717) is 12.4 Å². The van der Waals surface area contributed by atoms with Gasteiger partial charge in [0.1, 0.15) is 5.82 Å². The molecule has 24 heavy (non-hydrogen) atoms. The molecular formula is C16H22N6OS. The summed E-state index contributed by atoms with van der Waals surface area (Å²) in [5.74, 6) is 1.53. The van der Waals surface area contributed by atoms with Crippen molar-refractivity contribution >= 4 is 28.2 Å². The number of nitrogens with one attached hydrogen (secondary N) is 2. The van der Waals surface area contributed by atoms with Crippen molar-refractivity contribution in [2.24, 2.45) is 0 Å². The van der Waals surface area contributed by atoms with Crippen LogP contribution < -0.4 is 10.6 Å². The highest BCUT2D eigenvalue weighted by Gasteiger charge is 2.29. The molecular weight excluding hydrogens is 324 g/mol. The predicted octanol–water partition coefficient (Wildman–Crippen LogP) is 2.26. The van der Waals surface area contributed by atoms with Gasteiger partial charge in [-0.25, -0.2) is 15.0 Å². The van der Waals surface area contributed by atoms with E-state index in [1.807, 2.05) is 23.3 Å². The molecule has 0 aromatic carbocycles. The molecule has 3 heterocycles. The van der Waals surface area contributed by atoms with Gasteiger partial charge in [0.15, 0.2) is 11.0 Å². The van der Waals surface area contributed by atoms with E-state index in [1.54, 1.807) is 13.2 Å². The Morgan fingerprint density at radius 3 is 3.04 bits per heavy atom. The molecule has 2 aromatic heterocycles. The zero-order valence-corrected chi connectivity index (χ0v) is 14.8. The molecule has 1 amide bonds. The van der Waals surface area contributed by atoms with Gasteiger partial charge in [0, 0.05) is 29.9 Å². The van der Waals surface area contributed by atoms with E-state index >= 15 is 0 Å². The molecule has 3 rings (SSSR count). The zero-order chi connectivity index (χ0) is 16.9. The number of carbonyl (C=O) groups excluding carboxylic acids is 1. The summed E-state index contributed by atoms with van der Waals surface area (Å²) in [6, 6.07) is 1.84. The van der Waals surface area contributed by atoms with Gasteiger partial charge in [-0.05, 0) is 33.2 Å². The van der Waals surface area contributed by atoms with Gasteiger partial charge in [0.05, 0.1) is 12.6 Å². The lowest BCUT2D eigenvalue weighted by atomic mass is 10.0. The first-order valence-electron chi connectivity index (χ1n) is 8.13. The van der Waals surface area contributed by atoms with Crippen LogP contribution >= 0.6 is 11.3 Å². The Labute approximate surface area is 145 Å². The molecule has 2 aromatic rings. The lowest BCUT2D eigenvalue weighted by Gasteiger charge is -2.35. The monoisotopic (exact) mass is 346 g/mol. The standard InChI is InChI=1S/C16H22N6OS/c1-11-9-13(21-16-18-6-8-24-16)20-15(19-11)12-5-3-4-7-22(12)14(23)10-17-2/h6,8-9,12,17H,3-5,7,10H2,1-2H3,(H,18,19,20,21)/t12-/m1/s1. The minimum Gasteiger partial charge on any atom is -0.331 e. The van der Waals surface area contributed by atoms with E-state index < -0.39 is 0 Å². The third kappa shape index (κ3) is 3.88. The maximum absolute atomic E-state index is 12.4. The van der Waals surface area contributed by atoms with Crippen LogP contribution in [0.5, 0.6) is 0 Å². The molecule has 0 saturated carbocycles. The summed E-state index contributed by atoms with van der Waals surface area (Å²) >= 11 is 1.52. The van der Waals surface area contributed by atoms with Crippen LogP contribution in [0.3, 0.4) is 0 Å². The number of anilines is 2. The average Bonchev–Trinajstić information content (AvgIpc) is 3.07. The summed E-state index contributed by atoms with van der Waals surface area (Å²) < 4.78 is 0. The number of thiazole rings is 1. The number of likely N-dealkylation sites (N-methyl/N-ethyl adjacent to an activating group) is 1. The molecule has 0 bridgehead atoms. The summed E-state index contributed by atoms with van der Waals surface area (Å²) in [5.41, 5.74) is 0.880. The number of hydrogen-bond donors (Lipinski definition) is 2. The third-order valence-corrected chi connectivity index (χ3v) is 4.68. The molecule has 0 spiro atoms. The van der Waals surface area contributed by atoms with Crippen molar-refractivity contribution in [1.29, 1.82) is 0 Å². The van der Waals surface area contributed by atoms with Crippen molar-refractivity contribution in [3.63, 3.8) is 0 Å². The van der Waals surface area contributed by atoms with Gasteiger partial charge < -0.3 is 15.5 Å². The molecule has 1 aliphatic rings. The highest BCUT2D eigenvalue weighted by atomic mass is 32.1. The predicted molar refractivity (Wildman–Crippen MR) is 94.4 cm³/mol. The van der Waals surface area contributed by atoms with Gasteiger partial charge in [-0.3, -0.25) is 4.79 Å². The second kappa shape index (κ2) is 7.67. The first-order chi connectivity index (χ1) is 11.7. The Kier molecular flexibility index (Phi) is 5.37. The third-order valence-electron chi connectivity index (χ3n) is 3.99. The van der Waals surface area contributed by atoms with Crippen LogP contribution in [0.1, 0.15) is 36.8 Å². The van der Waals surface area contributed by atoms with Crippen molar-refractivity contribution in [3.05, 3.63) is 29.2 Å². The molecule has 1 aliphatic heterocycles. The van der Waals surface area contributed by atoms with Crippen LogP contribution in [0.15, 0.2) is 17.6 Å². The van der Waals surface area contributed by atoms with E-state index in [4.69, 9.17) is 0 Å². The van der Waals surface area contributed by atoms with Crippen molar-refractivity contribution in [3.8, 4) is 0 Å². The normalized spacial score (nSPS) is 17.8. The number of amides is 1. The Morgan fingerprint density at radius 2 is 2.29 bits per heavy atom. The quantitative estimate of drug-likeness (QED) is 0.864. The molecule has 7 nitrogen and oxygen atoms in total. The van der Waals surface area contributed by atoms with E-state index in [9.17, 15) is 4.79 Å². The maximum atomic E-state index is 12.4. The molecule has 128 valence electrons. The van der Waals surface area contributed by atoms with Gasteiger partial charge >= 0.3 is 0 Å². The number of piperidine rings is 1. The Bertz CT molecular complexity index is 690. The van der Waals surface area contributed by atoms with E-state index in [0.717, 1.165) is 42.5 Å². The number of likely N-dealkylation sites (tertiary alicyclic amines) is 1. The average molecular weight is 346 g/mol. The lowest BCUT2D eigenvalue weighted by Crippen LogP contribution is -2.43. The summed E-state index contributed by atoms with van der Waals surface area (Å²) in [4.78, 5) is 27.8. The van der Waals surface area contributed by atoms with Gasteiger partial charge in [-0.15, -0.1) is 11.3 Å². The van der Waals surface area contributed by atoms with Gasteiger partial charge in [0.25, 0.3) is 0 Å².